The molecular formula is C15H11N5S3. The highest BCUT2D eigenvalue weighted by Crippen LogP contribution is 2.35. The molecule has 0 saturated heterocycles. The van der Waals surface area contributed by atoms with Crippen LogP contribution in [-0.4, -0.2) is 27.2 Å². The van der Waals surface area contributed by atoms with Crippen LogP contribution in [0.4, 0.5) is 5.13 Å². The van der Waals surface area contributed by atoms with E-state index < -0.39 is 0 Å². The van der Waals surface area contributed by atoms with E-state index in [-0.39, 0.29) is 0 Å². The van der Waals surface area contributed by atoms with Crippen molar-refractivity contribution in [1.82, 2.24) is 20.2 Å². The van der Waals surface area contributed by atoms with Gasteiger partial charge in [-0.3, -0.25) is 0 Å². The number of hydrogen-bond acceptors (Lipinski definition) is 8. The van der Waals surface area contributed by atoms with Crippen LogP contribution in [0.3, 0.4) is 0 Å². The fraction of sp³-hybridized carbons (Fsp3) is 0.0667. The maximum absolute atomic E-state index is 4.75. The first-order valence-electron chi connectivity index (χ1n) is 6.82. The van der Waals surface area contributed by atoms with Crippen LogP contribution in [0, 0.1) is 0 Å². The van der Waals surface area contributed by atoms with Crippen molar-refractivity contribution in [2.75, 3.05) is 12.4 Å². The summed E-state index contributed by atoms with van der Waals surface area (Å²) in [7, 11) is 1.84. The van der Waals surface area contributed by atoms with Gasteiger partial charge in [-0.2, -0.15) is 11.3 Å². The largest absolute Gasteiger partial charge is 0.363 e. The predicted octanol–water partition coefficient (Wildman–Crippen LogP) is 4.40. The summed E-state index contributed by atoms with van der Waals surface area (Å²) in [5.74, 6) is 0.741. The lowest BCUT2D eigenvalue weighted by Gasteiger charge is -2.06. The highest BCUT2D eigenvalue weighted by atomic mass is 32.2. The molecule has 0 aliphatic carbocycles. The Labute approximate surface area is 144 Å². The normalized spacial score (nSPS) is 11.0. The van der Waals surface area contributed by atoms with Crippen molar-refractivity contribution >= 4 is 50.5 Å². The molecule has 4 rings (SSSR count). The number of nitrogens with zero attached hydrogens (tertiary/aromatic N) is 4. The summed E-state index contributed by atoms with van der Waals surface area (Å²) in [5.41, 5.74) is 1.97. The molecule has 3 heterocycles. The number of para-hydroxylation sites is 1. The zero-order valence-corrected chi connectivity index (χ0v) is 14.5. The van der Waals surface area contributed by atoms with Gasteiger partial charge < -0.3 is 5.32 Å². The number of anilines is 1. The van der Waals surface area contributed by atoms with Gasteiger partial charge in [0, 0.05) is 23.4 Å². The molecule has 0 bridgehead atoms. The maximum Gasteiger partial charge on any atom is 0.206 e. The van der Waals surface area contributed by atoms with E-state index >= 15 is 0 Å². The Balaban J connectivity index is 1.83. The number of nitrogens with one attached hydrogen (secondary N) is 1. The van der Waals surface area contributed by atoms with E-state index in [9.17, 15) is 0 Å². The molecule has 114 valence electrons. The Hall–Kier alpha value is -2.03. The molecule has 0 spiro atoms. The second-order valence-electron chi connectivity index (χ2n) is 4.61. The highest BCUT2D eigenvalue weighted by molar-refractivity contribution is 8.01. The molecule has 1 N–H and O–H groups in total. The fourth-order valence-corrected chi connectivity index (χ4v) is 4.45. The molecule has 8 heteroatoms. The zero-order chi connectivity index (χ0) is 15.6. The maximum atomic E-state index is 4.75. The summed E-state index contributed by atoms with van der Waals surface area (Å²) in [4.78, 5) is 9.43. The molecule has 0 radical (unpaired) electrons. The first-order valence-corrected chi connectivity index (χ1v) is 9.39. The Morgan fingerprint density at radius 1 is 1.09 bits per heavy atom. The molecule has 0 unspecified atom stereocenters. The van der Waals surface area contributed by atoms with Gasteiger partial charge >= 0.3 is 0 Å². The number of fused-ring (bicyclic) bond motifs is 1. The third-order valence-corrected chi connectivity index (χ3v) is 5.83. The average molecular weight is 357 g/mol. The van der Waals surface area contributed by atoms with Crippen LogP contribution in [0.1, 0.15) is 0 Å². The Kier molecular flexibility index (Phi) is 3.94. The number of hydrogen-bond donors (Lipinski definition) is 1. The van der Waals surface area contributed by atoms with E-state index in [1.807, 2.05) is 42.8 Å². The zero-order valence-electron chi connectivity index (χ0n) is 12.1. The van der Waals surface area contributed by atoms with Crippen molar-refractivity contribution in [3.63, 3.8) is 0 Å². The van der Waals surface area contributed by atoms with Crippen molar-refractivity contribution in [2.45, 2.75) is 9.37 Å². The lowest BCUT2D eigenvalue weighted by Crippen LogP contribution is -1.92. The quantitative estimate of drug-likeness (QED) is 0.546. The number of benzene rings is 1. The molecule has 4 aromatic rings. The SMILES string of the molecule is CNc1nnc(Sc2nc(-c3ccsc3)nc3ccccc23)s1. The third-order valence-electron chi connectivity index (χ3n) is 3.15. The van der Waals surface area contributed by atoms with E-state index in [0.29, 0.717) is 0 Å². The van der Waals surface area contributed by atoms with Crippen LogP contribution in [0.2, 0.25) is 0 Å². The average Bonchev–Trinajstić information content (AvgIpc) is 3.26. The Morgan fingerprint density at radius 3 is 2.78 bits per heavy atom. The van der Waals surface area contributed by atoms with Crippen molar-refractivity contribution in [1.29, 1.82) is 0 Å². The van der Waals surface area contributed by atoms with Gasteiger partial charge in [0.15, 0.2) is 10.2 Å². The molecule has 0 aliphatic heterocycles. The van der Waals surface area contributed by atoms with E-state index in [2.05, 4.69) is 25.9 Å². The van der Waals surface area contributed by atoms with Crippen molar-refractivity contribution in [3.05, 3.63) is 41.1 Å². The summed E-state index contributed by atoms with van der Waals surface area (Å²) < 4.78 is 0.856. The number of thiophene rings is 1. The van der Waals surface area contributed by atoms with Gasteiger partial charge in [-0.15, -0.1) is 10.2 Å². The lowest BCUT2D eigenvalue weighted by molar-refractivity contribution is 1.01. The molecule has 0 saturated carbocycles. The number of aromatic nitrogens is 4. The van der Waals surface area contributed by atoms with Crippen LogP contribution in [0.5, 0.6) is 0 Å². The topological polar surface area (TPSA) is 63.6 Å². The summed E-state index contributed by atoms with van der Waals surface area (Å²) in [6.07, 6.45) is 0. The van der Waals surface area contributed by atoms with Crippen LogP contribution < -0.4 is 5.32 Å². The highest BCUT2D eigenvalue weighted by Gasteiger charge is 2.13. The van der Waals surface area contributed by atoms with Crippen LogP contribution in [-0.2, 0) is 0 Å². The van der Waals surface area contributed by atoms with E-state index in [1.54, 1.807) is 11.3 Å². The summed E-state index contributed by atoms with van der Waals surface area (Å²) >= 11 is 4.67. The molecule has 0 amide bonds. The lowest BCUT2D eigenvalue weighted by atomic mass is 10.2. The van der Waals surface area contributed by atoms with Gasteiger partial charge in [-0.05, 0) is 29.3 Å². The molecule has 0 aliphatic rings. The van der Waals surface area contributed by atoms with E-state index in [0.717, 1.165) is 36.8 Å². The predicted molar refractivity (Wildman–Crippen MR) is 96.4 cm³/mol. The minimum atomic E-state index is 0.741. The molecule has 3 aromatic heterocycles. The fourth-order valence-electron chi connectivity index (χ4n) is 2.08. The first-order chi connectivity index (χ1) is 11.3. The van der Waals surface area contributed by atoms with Crippen molar-refractivity contribution < 1.29 is 0 Å². The van der Waals surface area contributed by atoms with E-state index in [4.69, 9.17) is 4.98 Å². The van der Waals surface area contributed by atoms with Crippen molar-refractivity contribution in [2.24, 2.45) is 0 Å². The van der Waals surface area contributed by atoms with Gasteiger partial charge in [-0.1, -0.05) is 29.5 Å². The summed E-state index contributed by atoms with van der Waals surface area (Å²) in [6.45, 7) is 0. The smallest absolute Gasteiger partial charge is 0.206 e. The molecule has 5 nitrogen and oxygen atoms in total. The molecular weight excluding hydrogens is 346 g/mol. The number of rotatable bonds is 4. The van der Waals surface area contributed by atoms with Crippen LogP contribution in [0.15, 0.2) is 50.5 Å². The second-order valence-corrected chi connectivity index (χ2v) is 7.60. The standard InChI is InChI=1S/C15H11N5S3/c1-16-14-19-20-15(23-14)22-13-10-4-2-3-5-11(10)17-12(18-13)9-6-7-21-8-9/h2-8H,1H3,(H,16,19). The molecule has 0 fully saturated rings. The summed E-state index contributed by atoms with van der Waals surface area (Å²) in [5, 5.41) is 18.1. The second kappa shape index (κ2) is 6.23. The summed E-state index contributed by atoms with van der Waals surface area (Å²) in [6, 6.07) is 10.1. The minimum Gasteiger partial charge on any atom is -0.363 e. The van der Waals surface area contributed by atoms with Gasteiger partial charge in [0.2, 0.25) is 5.13 Å². The first kappa shape index (κ1) is 14.6. The van der Waals surface area contributed by atoms with Crippen LogP contribution >= 0.6 is 34.4 Å². The molecule has 23 heavy (non-hydrogen) atoms. The van der Waals surface area contributed by atoms with E-state index in [1.165, 1.54) is 23.1 Å². The van der Waals surface area contributed by atoms with Crippen molar-refractivity contribution in [3.8, 4) is 11.4 Å². The van der Waals surface area contributed by atoms with Gasteiger partial charge in [0.25, 0.3) is 0 Å². The van der Waals surface area contributed by atoms with Gasteiger partial charge in [0.05, 0.1) is 5.52 Å². The van der Waals surface area contributed by atoms with Crippen LogP contribution in [0.25, 0.3) is 22.3 Å². The third kappa shape index (κ3) is 2.92. The molecule has 0 atom stereocenters. The monoisotopic (exact) mass is 357 g/mol. The van der Waals surface area contributed by atoms with Gasteiger partial charge in [-0.25, -0.2) is 9.97 Å². The Bertz CT molecular complexity index is 949. The Morgan fingerprint density at radius 2 is 2.00 bits per heavy atom. The molecule has 1 aromatic carbocycles. The minimum absolute atomic E-state index is 0.741. The van der Waals surface area contributed by atoms with Gasteiger partial charge in [0.1, 0.15) is 5.03 Å².